The number of hydrogen-bond acceptors (Lipinski definition) is 4. The number of nitrogens with one attached hydrogen (secondary N) is 1. The highest BCUT2D eigenvalue weighted by molar-refractivity contribution is 7.99. The van der Waals surface area contributed by atoms with E-state index in [9.17, 15) is 13.2 Å². The van der Waals surface area contributed by atoms with Crippen LogP contribution in [0.3, 0.4) is 0 Å². The fourth-order valence-electron chi connectivity index (χ4n) is 2.06. The molecule has 7 heteroatoms. The van der Waals surface area contributed by atoms with Crippen LogP contribution in [-0.4, -0.2) is 50.1 Å². The van der Waals surface area contributed by atoms with Crippen LogP contribution in [0.15, 0.2) is 18.2 Å². The first-order valence-electron chi connectivity index (χ1n) is 6.32. The van der Waals surface area contributed by atoms with Crippen molar-refractivity contribution in [2.24, 2.45) is 0 Å². The Hall–Kier alpha value is -1.21. The summed E-state index contributed by atoms with van der Waals surface area (Å²) in [6.07, 6.45) is 1.08. The lowest BCUT2D eigenvalue weighted by molar-refractivity contribution is 0.0773. The molecule has 1 amide bonds. The summed E-state index contributed by atoms with van der Waals surface area (Å²) in [5.74, 6) is 1.74. The number of anilines is 1. The summed E-state index contributed by atoms with van der Waals surface area (Å²) < 4.78 is 25.2. The first kappa shape index (κ1) is 15.2. The van der Waals surface area contributed by atoms with E-state index in [-0.39, 0.29) is 5.91 Å². The number of aryl methyl sites for hydroxylation is 1. The molecule has 0 radical (unpaired) electrons. The highest BCUT2D eigenvalue weighted by atomic mass is 32.2. The molecule has 0 saturated carbocycles. The van der Waals surface area contributed by atoms with Crippen molar-refractivity contribution in [1.82, 2.24) is 4.90 Å². The van der Waals surface area contributed by atoms with Gasteiger partial charge in [0.25, 0.3) is 5.91 Å². The molecule has 110 valence electrons. The van der Waals surface area contributed by atoms with Crippen molar-refractivity contribution in [2.45, 2.75) is 6.92 Å². The van der Waals surface area contributed by atoms with Crippen molar-refractivity contribution >= 4 is 33.4 Å². The SMILES string of the molecule is Cc1ccc(NS(C)(=O)=O)c(C(=O)N2CCSCC2)c1. The Morgan fingerprint density at radius 1 is 1.30 bits per heavy atom. The molecule has 1 N–H and O–H groups in total. The molecule has 5 nitrogen and oxygen atoms in total. The molecular weight excluding hydrogens is 296 g/mol. The molecule has 1 aliphatic rings. The van der Waals surface area contributed by atoms with E-state index in [4.69, 9.17) is 0 Å². The Labute approximate surface area is 123 Å². The van der Waals surface area contributed by atoms with Crippen molar-refractivity contribution in [3.05, 3.63) is 29.3 Å². The van der Waals surface area contributed by atoms with Gasteiger partial charge in [-0.3, -0.25) is 9.52 Å². The summed E-state index contributed by atoms with van der Waals surface area (Å²) >= 11 is 1.82. The second kappa shape index (κ2) is 6.05. The van der Waals surface area contributed by atoms with Gasteiger partial charge in [0.2, 0.25) is 10.0 Å². The van der Waals surface area contributed by atoms with Gasteiger partial charge >= 0.3 is 0 Å². The van der Waals surface area contributed by atoms with Gasteiger partial charge < -0.3 is 4.90 Å². The number of hydrogen-bond donors (Lipinski definition) is 1. The fraction of sp³-hybridized carbons (Fsp3) is 0.462. The minimum Gasteiger partial charge on any atom is -0.337 e. The third kappa shape index (κ3) is 3.89. The maximum absolute atomic E-state index is 12.5. The smallest absolute Gasteiger partial charge is 0.256 e. The molecule has 1 aromatic carbocycles. The predicted octanol–water partition coefficient (Wildman–Crippen LogP) is 1.56. The molecule has 1 saturated heterocycles. The molecule has 1 aliphatic heterocycles. The van der Waals surface area contributed by atoms with Crippen LogP contribution in [0.4, 0.5) is 5.69 Å². The zero-order valence-electron chi connectivity index (χ0n) is 11.5. The molecule has 0 spiro atoms. The van der Waals surface area contributed by atoms with Crippen molar-refractivity contribution < 1.29 is 13.2 Å². The van der Waals surface area contributed by atoms with Crippen LogP contribution in [-0.2, 0) is 10.0 Å². The van der Waals surface area contributed by atoms with Gasteiger partial charge in [-0.15, -0.1) is 0 Å². The normalized spacial score (nSPS) is 16.0. The second-order valence-corrected chi connectivity index (χ2v) is 7.80. The molecule has 20 heavy (non-hydrogen) atoms. The van der Waals surface area contributed by atoms with Gasteiger partial charge in [0.1, 0.15) is 0 Å². The molecule has 0 atom stereocenters. The molecule has 1 fully saturated rings. The number of amides is 1. The zero-order valence-corrected chi connectivity index (χ0v) is 13.2. The number of carbonyl (C=O) groups excluding carboxylic acids is 1. The van der Waals surface area contributed by atoms with Crippen molar-refractivity contribution in [3.8, 4) is 0 Å². The summed E-state index contributed by atoms with van der Waals surface area (Å²) in [5, 5.41) is 0. The maximum Gasteiger partial charge on any atom is 0.256 e. The Balaban J connectivity index is 2.33. The van der Waals surface area contributed by atoms with E-state index in [0.29, 0.717) is 24.3 Å². The van der Waals surface area contributed by atoms with Crippen LogP contribution in [0, 0.1) is 6.92 Å². The predicted molar refractivity (Wildman–Crippen MR) is 82.9 cm³/mol. The minimum absolute atomic E-state index is 0.111. The van der Waals surface area contributed by atoms with Crippen molar-refractivity contribution in [3.63, 3.8) is 0 Å². The summed E-state index contributed by atoms with van der Waals surface area (Å²) in [7, 11) is -3.40. The Morgan fingerprint density at radius 3 is 2.55 bits per heavy atom. The van der Waals surface area contributed by atoms with Crippen LogP contribution >= 0.6 is 11.8 Å². The largest absolute Gasteiger partial charge is 0.337 e. The quantitative estimate of drug-likeness (QED) is 0.919. The zero-order chi connectivity index (χ0) is 14.8. The van der Waals surface area contributed by atoms with E-state index in [0.717, 1.165) is 23.3 Å². The monoisotopic (exact) mass is 314 g/mol. The Bertz CT molecular complexity index is 608. The van der Waals surface area contributed by atoms with Crippen LogP contribution < -0.4 is 4.72 Å². The molecule has 0 aromatic heterocycles. The molecular formula is C13H18N2O3S2. The van der Waals surface area contributed by atoms with Gasteiger partial charge in [-0.05, 0) is 19.1 Å². The van der Waals surface area contributed by atoms with Crippen LogP contribution in [0.5, 0.6) is 0 Å². The van der Waals surface area contributed by atoms with E-state index >= 15 is 0 Å². The molecule has 0 unspecified atom stereocenters. The van der Waals surface area contributed by atoms with Gasteiger partial charge in [-0.25, -0.2) is 8.42 Å². The number of thioether (sulfide) groups is 1. The molecule has 0 bridgehead atoms. The molecule has 0 aliphatic carbocycles. The number of benzene rings is 1. The average molecular weight is 314 g/mol. The first-order chi connectivity index (χ1) is 9.37. The van der Waals surface area contributed by atoms with Gasteiger partial charge in [0.05, 0.1) is 17.5 Å². The van der Waals surface area contributed by atoms with E-state index in [1.807, 2.05) is 18.7 Å². The molecule has 2 rings (SSSR count). The number of sulfonamides is 1. The Kier molecular flexibility index (Phi) is 4.59. The standard InChI is InChI=1S/C13H18N2O3S2/c1-10-3-4-12(14-20(2,17)18)11(9-10)13(16)15-5-7-19-8-6-15/h3-4,9,14H,5-8H2,1-2H3. The second-order valence-electron chi connectivity index (χ2n) is 4.83. The van der Waals surface area contributed by atoms with E-state index < -0.39 is 10.0 Å². The lowest BCUT2D eigenvalue weighted by Gasteiger charge is -2.27. The highest BCUT2D eigenvalue weighted by Gasteiger charge is 2.22. The van der Waals surface area contributed by atoms with Crippen LogP contribution in [0.25, 0.3) is 0 Å². The topological polar surface area (TPSA) is 66.5 Å². The highest BCUT2D eigenvalue weighted by Crippen LogP contribution is 2.22. The summed E-state index contributed by atoms with van der Waals surface area (Å²) in [6, 6.07) is 5.16. The van der Waals surface area contributed by atoms with Gasteiger partial charge in [-0.2, -0.15) is 11.8 Å². The summed E-state index contributed by atoms with van der Waals surface area (Å²) in [4.78, 5) is 14.3. The first-order valence-corrected chi connectivity index (χ1v) is 9.37. The number of nitrogens with zero attached hydrogens (tertiary/aromatic N) is 1. The fourth-order valence-corrected chi connectivity index (χ4v) is 3.54. The lowest BCUT2D eigenvalue weighted by Crippen LogP contribution is -2.38. The maximum atomic E-state index is 12.5. The number of carbonyl (C=O) groups is 1. The Morgan fingerprint density at radius 2 is 1.95 bits per heavy atom. The minimum atomic E-state index is -3.40. The molecule has 1 aromatic rings. The van der Waals surface area contributed by atoms with Crippen molar-refractivity contribution in [1.29, 1.82) is 0 Å². The molecule has 1 heterocycles. The average Bonchev–Trinajstić information content (AvgIpc) is 2.39. The summed E-state index contributed by atoms with van der Waals surface area (Å²) in [6.45, 7) is 3.29. The van der Waals surface area contributed by atoms with Crippen LogP contribution in [0.1, 0.15) is 15.9 Å². The third-order valence-electron chi connectivity index (χ3n) is 3.00. The van der Waals surface area contributed by atoms with Gasteiger partial charge in [-0.1, -0.05) is 11.6 Å². The van der Waals surface area contributed by atoms with E-state index in [1.165, 1.54) is 0 Å². The van der Waals surface area contributed by atoms with Crippen molar-refractivity contribution in [2.75, 3.05) is 35.6 Å². The van der Waals surface area contributed by atoms with Crippen LogP contribution in [0.2, 0.25) is 0 Å². The lowest BCUT2D eigenvalue weighted by atomic mass is 10.1. The van der Waals surface area contributed by atoms with E-state index in [1.54, 1.807) is 23.1 Å². The number of rotatable bonds is 3. The van der Waals surface area contributed by atoms with E-state index in [2.05, 4.69) is 4.72 Å². The van der Waals surface area contributed by atoms with Gasteiger partial charge in [0.15, 0.2) is 0 Å². The third-order valence-corrected chi connectivity index (χ3v) is 4.53. The summed E-state index contributed by atoms with van der Waals surface area (Å²) in [5.41, 5.74) is 1.70. The van der Waals surface area contributed by atoms with Gasteiger partial charge in [0, 0.05) is 24.6 Å².